The Bertz CT molecular complexity index is 1290. The average molecular weight is 484 g/mol. The zero-order chi connectivity index (χ0) is 24.5. The zero-order valence-corrected chi connectivity index (χ0v) is 16.9. The monoisotopic (exact) mass is 484 g/mol. The van der Waals surface area contributed by atoms with Gasteiger partial charge in [0.25, 0.3) is 11.9 Å². The normalized spacial score (nSPS) is 14.3. The molecule has 4 rings (SSSR count). The minimum Gasteiger partial charge on any atom is -0.455 e. The molecule has 0 saturated carbocycles. The number of halogens is 6. The molecule has 14 heteroatoms. The van der Waals surface area contributed by atoms with E-state index in [1.165, 1.54) is 36.4 Å². The molecule has 0 spiro atoms. The largest absolute Gasteiger partial charge is 0.455 e. The fourth-order valence-corrected chi connectivity index (χ4v) is 3.05. The van der Waals surface area contributed by atoms with Crippen LogP contribution >= 0.6 is 0 Å². The summed E-state index contributed by atoms with van der Waals surface area (Å²) in [6.45, 7) is -1.63. The maximum Gasteiger partial charge on any atom is 0.422 e. The van der Waals surface area contributed by atoms with Crippen molar-refractivity contribution in [1.82, 2.24) is 25.2 Å². The number of carbonyl (C=O) groups excluding carboxylic acids is 1. The molecule has 1 aliphatic rings. The summed E-state index contributed by atoms with van der Waals surface area (Å²) >= 11 is 0. The summed E-state index contributed by atoms with van der Waals surface area (Å²) in [5.41, 5.74) is -1.05. The third kappa shape index (κ3) is 5.10. The topological polar surface area (TPSA) is 92.9 Å². The third-order valence-electron chi connectivity index (χ3n) is 4.50. The molecule has 0 atom stereocenters. The van der Waals surface area contributed by atoms with Crippen LogP contribution in [0, 0.1) is 0 Å². The molecule has 0 radical (unpaired) electrons. The highest BCUT2D eigenvalue weighted by atomic mass is 19.4. The molecule has 178 valence electrons. The van der Waals surface area contributed by atoms with Crippen molar-refractivity contribution < 1.29 is 35.9 Å². The number of ether oxygens (including phenoxy) is 1. The van der Waals surface area contributed by atoms with Crippen LogP contribution in [-0.4, -0.2) is 45.9 Å². The van der Waals surface area contributed by atoms with E-state index in [2.05, 4.69) is 30.4 Å². The van der Waals surface area contributed by atoms with Crippen LogP contribution in [0.1, 0.15) is 16.1 Å². The highest BCUT2D eigenvalue weighted by Gasteiger charge is 2.34. The molecule has 0 fully saturated rings. The Hall–Kier alpha value is -4.10. The van der Waals surface area contributed by atoms with Crippen LogP contribution in [0.5, 0.6) is 0 Å². The maximum absolute atomic E-state index is 13.4. The highest BCUT2D eigenvalue weighted by Crippen LogP contribution is 2.36. The van der Waals surface area contributed by atoms with Crippen molar-refractivity contribution in [2.45, 2.75) is 12.4 Å². The number of benzene rings is 1. The second-order valence-electron chi connectivity index (χ2n) is 6.92. The SMILES string of the molecule is O=C(NC1=CCN=C(OCC(F)(F)F)N1)c1cnc2ccc(-c3ccccc3C(F)(F)F)nn12. The number of rotatable bonds is 4. The molecule has 1 amide bonds. The Labute approximate surface area is 187 Å². The van der Waals surface area contributed by atoms with Gasteiger partial charge in [0.15, 0.2) is 17.9 Å². The van der Waals surface area contributed by atoms with E-state index in [1.54, 1.807) is 0 Å². The molecule has 1 aromatic carbocycles. The number of nitrogens with one attached hydrogen (secondary N) is 2. The van der Waals surface area contributed by atoms with E-state index in [9.17, 15) is 31.1 Å². The fraction of sp³-hybridized carbons (Fsp3) is 0.200. The summed E-state index contributed by atoms with van der Waals surface area (Å²) in [7, 11) is 0. The second-order valence-corrected chi connectivity index (χ2v) is 6.92. The molecule has 0 bridgehead atoms. The van der Waals surface area contributed by atoms with Crippen LogP contribution < -0.4 is 10.6 Å². The quantitative estimate of drug-likeness (QED) is 0.553. The number of carbonyl (C=O) groups is 1. The smallest absolute Gasteiger partial charge is 0.422 e. The van der Waals surface area contributed by atoms with Crippen molar-refractivity contribution >= 4 is 17.6 Å². The number of fused-ring (bicyclic) bond motifs is 1. The molecule has 2 aromatic heterocycles. The van der Waals surface area contributed by atoms with E-state index in [4.69, 9.17) is 0 Å². The van der Waals surface area contributed by atoms with Crippen molar-refractivity contribution in [1.29, 1.82) is 0 Å². The van der Waals surface area contributed by atoms with Gasteiger partial charge in [0.2, 0.25) is 0 Å². The van der Waals surface area contributed by atoms with E-state index in [-0.39, 0.29) is 35.0 Å². The first-order valence-corrected chi connectivity index (χ1v) is 9.55. The molecular formula is C20H14F6N6O2. The van der Waals surface area contributed by atoms with Gasteiger partial charge < -0.3 is 10.1 Å². The van der Waals surface area contributed by atoms with Gasteiger partial charge in [-0.25, -0.2) is 14.5 Å². The molecule has 0 aliphatic carbocycles. The number of amidine groups is 1. The van der Waals surface area contributed by atoms with Crippen LogP contribution in [0.3, 0.4) is 0 Å². The average Bonchev–Trinajstić information content (AvgIpc) is 3.20. The van der Waals surface area contributed by atoms with Gasteiger partial charge >= 0.3 is 12.4 Å². The molecule has 0 saturated heterocycles. The van der Waals surface area contributed by atoms with Crippen molar-refractivity contribution in [2.24, 2.45) is 4.99 Å². The fourth-order valence-electron chi connectivity index (χ4n) is 3.05. The number of hydrogen-bond acceptors (Lipinski definition) is 6. The van der Waals surface area contributed by atoms with Crippen molar-refractivity contribution in [3.8, 4) is 11.3 Å². The van der Waals surface area contributed by atoms with Crippen molar-refractivity contribution in [3.05, 3.63) is 65.7 Å². The van der Waals surface area contributed by atoms with Gasteiger partial charge in [-0.2, -0.15) is 31.4 Å². The molecule has 34 heavy (non-hydrogen) atoms. The Morgan fingerprint density at radius 2 is 1.88 bits per heavy atom. The standard InChI is InChI=1S/C20H14F6N6O2/c21-19(22,23)10-34-18-27-8-7-15(30-18)29-17(33)14-9-28-16-6-5-13(31-32(14)16)11-3-1-2-4-12(11)20(24,25)26/h1-7,9H,8,10H2,(H,27,30)(H,29,33). The van der Waals surface area contributed by atoms with E-state index in [1.807, 2.05) is 0 Å². The first-order chi connectivity index (χ1) is 16.0. The molecule has 2 N–H and O–H groups in total. The minimum absolute atomic E-state index is 0.00527. The second kappa shape index (κ2) is 8.68. The number of alkyl halides is 6. The zero-order valence-electron chi connectivity index (χ0n) is 16.9. The van der Waals surface area contributed by atoms with E-state index in [0.29, 0.717) is 0 Å². The summed E-state index contributed by atoms with van der Waals surface area (Å²) < 4.78 is 82.8. The third-order valence-corrected chi connectivity index (χ3v) is 4.50. The Morgan fingerprint density at radius 1 is 1.12 bits per heavy atom. The first-order valence-electron chi connectivity index (χ1n) is 9.55. The lowest BCUT2D eigenvalue weighted by Gasteiger charge is -2.18. The summed E-state index contributed by atoms with van der Waals surface area (Å²) in [6.07, 6.45) is -6.63. The molecular weight excluding hydrogens is 470 g/mol. The van der Waals surface area contributed by atoms with Crippen LogP contribution in [0.15, 0.2) is 59.5 Å². The van der Waals surface area contributed by atoms with Gasteiger partial charge in [-0.05, 0) is 24.3 Å². The molecule has 1 aliphatic heterocycles. The summed E-state index contributed by atoms with van der Waals surface area (Å²) in [6, 6.07) is 7.18. The predicted octanol–water partition coefficient (Wildman–Crippen LogP) is 3.52. The number of nitrogens with zero attached hydrogens (tertiary/aromatic N) is 4. The first kappa shape index (κ1) is 23.1. The minimum atomic E-state index is -4.62. The number of aliphatic imine (C=N–C) groups is 1. The van der Waals surface area contributed by atoms with Gasteiger partial charge in [-0.15, -0.1) is 0 Å². The van der Waals surface area contributed by atoms with Gasteiger partial charge in [-0.3, -0.25) is 10.1 Å². The van der Waals surface area contributed by atoms with Crippen LogP contribution in [0.2, 0.25) is 0 Å². The highest BCUT2D eigenvalue weighted by molar-refractivity contribution is 5.95. The van der Waals surface area contributed by atoms with Crippen molar-refractivity contribution in [3.63, 3.8) is 0 Å². The Morgan fingerprint density at radius 3 is 2.62 bits per heavy atom. The number of hydrogen-bond donors (Lipinski definition) is 2. The summed E-state index contributed by atoms with van der Waals surface area (Å²) in [5, 5.41) is 8.98. The van der Waals surface area contributed by atoms with Crippen LogP contribution in [0.4, 0.5) is 26.3 Å². The number of aromatic nitrogens is 3. The van der Waals surface area contributed by atoms with Gasteiger partial charge in [0, 0.05) is 5.56 Å². The maximum atomic E-state index is 13.4. The van der Waals surface area contributed by atoms with Crippen LogP contribution in [0.25, 0.3) is 16.9 Å². The molecule has 3 aromatic rings. The summed E-state index contributed by atoms with van der Waals surface area (Å²) in [5.74, 6) is -0.761. The Balaban J connectivity index is 1.56. The molecule has 8 nitrogen and oxygen atoms in total. The van der Waals surface area contributed by atoms with Gasteiger partial charge in [0.05, 0.1) is 24.0 Å². The lowest BCUT2D eigenvalue weighted by atomic mass is 10.0. The van der Waals surface area contributed by atoms with Crippen molar-refractivity contribution in [2.75, 3.05) is 13.2 Å². The van der Waals surface area contributed by atoms with E-state index < -0.39 is 36.5 Å². The predicted molar refractivity (Wildman–Crippen MR) is 106 cm³/mol. The summed E-state index contributed by atoms with van der Waals surface area (Å²) in [4.78, 5) is 20.5. The molecule has 3 heterocycles. The lowest BCUT2D eigenvalue weighted by molar-refractivity contribution is -0.156. The van der Waals surface area contributed by atoms with E-state index >= 15 is 0 Å². The lowest BCUT2D eigenvalue weighted by Crippen LogP contribution is -2.39. The van der Waals surface area contributed by atoms with E-state index in [0.717, 1.165) is 16.8 Å². The van der Waals surface area contributed by atoms with Crippen LogP contribution in [-0.2, 0) is 10.9 Å². The number of imidazole rings is 1. The molecule has 0 unspecified atom stereocenters. The van der Waals surface area contributed by atoms with Gasteiger partial charge in [0.1, 0.15) is 5.82 Å². The Kier molecular flexibility index (Phi) is 5.89. The number of amides is 1. The van der Waals surface area contributed by atoms with Gasteiger partial charge in [-0.1, -0.05) is 18.2 Å².